The van der Waals surface area contributed by atoms with E-state index in [4.69, 9.17) is 24.2 Å². The van der Waals surface area contributed by atoms with Crippen LogP contribution in [0.5, 0.6) is 11.6 Å². The molecule has 1 aliphatic carbocycles. The minimum atomic E-state index is -4.72. The molecule has 1 aromatic heterocycles. The number of aryl methyl sites for hydroxylation is 1. The Morgan fingerprint density at radius 1 is 1.11 bits per heavy atom. The molecule has 6 atom stereocenters. The molecule has 12 heteroatoms. The molecule has 1 saturated heterocycles. The molecule has 2 fully saturated rings. The van der Waals surface area contributed by atoms with Crippen LogP contribution in [0.4, 0.5) is 13.2 Å². The van der Waals surface area contributed by atoms with Gasteiger partial charge >= 0.3 is 12.1 Å². The van der Waals surface area contributed by atoms with Gasteiger partial charge in [0.2, 0.25) is 17.4 Å². The number of aldehydes is 1. The van der Waals surface area contributed by atoms with Gasteiger partial charge in [-0.25, -0.2) is 9.97 Å². The maximum absolute atomic E-state index is 14.3. The fourth-order valence-electron chi connectivity index (χ4n) is 6.93. The van der Waals surface area contributed by atoms with Crippen molar-refractivity contribution in [3.8, 4) is 11.6 Å². The van der Waals surface area contributed by atoms with Gasteiger partial charge in [-0.05, 0) is 43.2 Å². The van der Waals surface area contributed by atoms with Gasteiger partial charge in [0, 0.05) is 24.3 Å². The number of carbonyl (C=O) groups excluding carboxylic acids is 3. The second-order valence-corrected chi connectivity index (χ2v) is 13.7. The first-order valence-electron chi connectivity index (χ1n) is 15.8. The Morgan fingerprint density at radius 3 is 2.51 bits per heavy atom. The molecule has 2 bridgehead atoms. The van der Waals surface area contributed by atoms with Crippen molar-refractivity contribution in [2.45, 2.75) is 103 Å². The Bertz CT molecular complexity index is 1440. The highest BCUT2D eigenvalue weighted by Crippen LogP contribution is 2.59. The Balaban J connectivity index is 1.54. The van der Waals surface area contributed by atoms with Crippen molar-refractivity contribution in [1.29, 1.82) is 0 Å². The van der Waals surface area contributed by atoms with Gasteiger partial charge in [0.15, 0.2) is 0 Å². The number of carbonyl (C=O) groups is 3. The molecular weight excluding hydrogens is 591 g/mol. The van der Waals surface area contributed by atoms with E-state index < -0.39 is 59.5 Å². The number of hydrogen-bond acceptors (Lipinski definition) is 8. The summed E-state index contributed by atoms with van der Waals surface area (Å²) in [5.74, 6) is -2.88. The number of hydrogen-bond donors (Lipinski definition) is 0. The smallest absolute Gasteiger partial charge is 0.428 e. The zero-order chi connectivity index (χ0) is 32.7. The van der Waals surface area contributed by atoms with Crippen molar-refractivity contribution in [2.75, 3.05) is 13.7 Å². The molecule has 3 aliphatic rings. The summed E-state index contributed by atoms with van der Waals surface area (Å²) >= 11 is 0. The molecule has 45 heavy (non-hydrogen) atoms. The third kappa shape index (κ3) is 6.47. The lowest BCUT2D eigenvalue weighted by Gasteiger charge is -2.34. The Labute approximate surface area is 261 Å². The van der Waals surface area contributed by atoms with Crippen molar-refractivity contribution in [1.82, 2.24) is 14.9 Å². The van der Waals surface area contributed by atoms with Crippen LogP contribution in [0, 0.1) is 23.2 Å². The molecule has 1 amide bonds. The van der Waals surface area contributed by atoms with E-state index >= 15 is 0 Å². The molecule has 246 valence electrons. The van der Waals surface area contributed by atoms with Crippen LogP contribution in [-0.2, 0) is 25.5 Å². The van der Waals surface area contributed by atoms with Crippen molar-refractivity contribution in [2.24, 2.45) is 23.2 Å². The van der Waals surface area contributed by atoms with Gasteiger partial charge in [-0.1, -0.05) is 40.5 Å². The number of benzene rings is 1. The fourth-order valence-corrected chi connectivity index (χ4v) is 6.93. The minimum Gasteiger partial charge on any atom is -0.497 e. The Morgan fingerprint density at radius 2 is 1.87 bits per heavy atom. The highest BCUT2D eigenvalue weighted by atomic mass is 19.4. The third-order valence-corrected chi connectivity index (χ3v) is 9.72. The average molecular weight is 634 g/mol. The molecule has 0 N–H and O–H groups in total. The highest BCUT2D eigenvalue weighted by molar-refractivity contribution is 5.87. The van der Waals surface area contributed by atoms with E-state index in [1.54, 1.807) is 46.1 Å². The van der Waals surface area contributed by atoms with Gasteiger partial charge in [0.25, 0.3) is 0 Å². The third-order valence-electron chi connectivity index (χ3n) is 9.72. The summed E-state index contributed by atoms with van der Waals surface area (Å²) in [5.41, 5.74) is -1.53. The first-order valence-corrected chi connectivity index (χ1v) is 15.8. The van der Waals surface area contributed by atoms with E-state index in [9.17, 15) is 27.6 Å². The van der Waals surface area contributed by atoms with Crippen LogP contribution >= 0.6 is 0 Å². The second kappa shape index (κ2) is 12.4. The van der Waals surface area contributed by atoms with Gasteiger partial charge < -0.3 is 23.9 Å². The molecule has 2 aromatic rings. The number of methoxy groups -OCH3 is 1. The van der Waals surface area contributed by atoms with Crippen LogP contribution < -0.4 is 9.47 Å². The van der Waals surface area contributed by atoms with Crippen molar-refractivity contribution in [3.63, 3.8) is 0 Å². The van der Waals surface area contributed by atoms with Gasteiger partial charge in [-0.2, -0.15) is 13.2 Å². The van der Waals surface area contributed by atoms with E-state index in [1.807, 2.05) is 6.92 Å². The lowest BCUT2D eigenvalue weighted by molar-refractivity contribution is -0.239. The maximum atomic E-state index is 14.3. The largest absolute Gasteiger partial charge is 0.497 e. The molecule has 1 aromatic carbocycles. The Kier molecular flexibility index (Phi) is 9.07. The summed E-state index contributed by atoms with van der Waals surface area (Å²) < 4.78 is 59.9. The number of halogens is 3. The zero-order valence-corrected chi connectivity index (χ0v) is 26.5. The second-order valence-electron chi connectivity index (χ2n) is 13.7. The van der Waals surface area contributed by atoms with E-state index in [1.165, 1.54) is 4.90 Å². The number of nitrogens with zero attached hydrogens (tertiary/aromatic N) is 3. The summed E-state index contributed by atoms with van der Waals surface area (Å²) in [6.07, 6.45) is -2.37. The first-order chi connectivity index (χ1) is 21.2. The summed E-state index contributed by atoms with van der Waals surface area (Å²) in [6, 6.07) is 4.50. The number of aromatic nitrogens is 2. The van der Waals surface area contributed by atoms with Crippen LogP contribution in [0.3, 0.4) is 0 Å². The summed E-state index contributed by atoms with van der Waals surface area (Å²) in [4.78, 5) is 50.7. The summed E-state index contributed by atoms with van der Waals surface area (Å²) in [6.45, 7) is 7.19. The Hall–Kier alpha value is -3.44. The quantitative estimate of drug-likeness (QED) is 0.306. The number of amides is 1. The first kappa shape index (κ1) is 32.9. The number of esters is 1. The minimum absolute atomic E-state index is 0.0498. The lowest BCUT2D eigenvalue weighted by atomic mass is 9.77. The molecule has 0 unspecified atom stereocenters. The van der Waals surface area contributed by atoms with Crippen LogP contribution in [0.15, 0.2) is 18.2 Å². The topological polar surface area (TPSA) is 108 Å². The van der Waals surface area contributed by atoms with Gasteiger partial charge in [-0.15, -0.1) is 0 Å². The van der Waals surface area contributed by atoms with Crippen LogP contribution in [0.25, 0.3) is 11.0 Å². The SMILES string of the molecule is CC[C@@H]1[C@@H]2CN(C(=O)[C@H](C(C)(C)C)CC(=O)O[C@]3(C(F)(F)F)C[C@H]3CCCCCc3nc4ccc(OC)cc4nc3O2)[C@@H]1C=O. The number of fused-ring (bicyclic) bond motifs is 5. The molecule has 2 aliphatic heterocycles. The van der Waals surface area contributed by atoms with Crippen molar-refractivity contribution >= 4 is 29.2 Å². The molecule has 1 saturated carbocycles. The van der Waals surface area contributed by atoms with Gasteiger partial charge in [-0.3, -0.25) is 9.59 Å². The van der Waals surface area contributed by atoms with E-state index in [0.717, 1.165) is 0 Å². The van der Waals surface area contributed by atoms with Crippen molar-refractivity contribution < 1.29 is 41.8 Å². The molecule has 3 heterocycles. The van der Waals surface area contributed by atoms with Crippen LogP contribution in [0.2, 0.25) is 0 Å². The average Bonchev–Trinajstić information content (AvgIpc) is 3.57. The van der Waals surface area contributed by atoms with E-state index in [-0.39, 0.29) is 25.3 Å². The molecular formula is C33H42F3N3O6. The zero-order valence-electron chi connectivity index (χ0n) is 26.5. The molecule has 0 spiro atoms. The fraction of sp³-hybridized carbons (Fsp3) is 0.667. The monoisotopic (exact) mass is 633 g/mol. The lowest BCUT2D eigenvalue weighted by Crippen LogP contribution is -2.47. The predicted octanol–water partition coefficient (Wildman–Crippen LogP) is 5.85. The van der Waals surface area contributed by atoms with Crippen LogP contribution in [0.1, 0.15) is 78.3 Å². The van der Waals surface area contributed by atoms with Crippen LogP contribution in [-0.4, -0.2) is 70.6 Å². The van der Waals surface area contributed by atoms with Gasteiger partial charge in [0.05, 0.1) is 43.1 Å². The molecule has 0 radical (unpaired) electrons. The van der Waals surface area contributed by atoms with Crippen molar-refractivity contribution in [3.05, 3.63) is 23.9 Å². The predicted molar refractivity (Wildman–Crippen MR) is 159 cm³/mol. The normalized spacial score (nSPS) is 30.0. The van der Waals surface area contributed by atoms with E-state index in [0.29, 0.717) is 66.7 Å². The molecule has 9 nitrogen and oxygen atoms in total. The maximum Gasteiger partial charge on any atom is 0.428 e. The highest BCUT2D eigenvalue weighted by Gasteiger charge is 2.73. The summed E-state index contributed by atoms with van der Waals surface area (Å²) in [7, 11) is 1.56. The summed E-state index contributed by atoms with van der Waals surface area (Å²) in [5, 5.41) is 0. The van der Waals surface area contributed by atoms with E-state index in [2.05, 4.69) is 0 Å². The molecule has 5 rings (SSSR count). The standard InChI is InChI=1S/C33H42F3N3O6/c1-6-21-26(18-40)39-17-27(21)44-29-24(37-23-13-12-20(43-5)14-25(23)38-29)11-9-7-8-10-19-16-32(19,33(34,35)36)45-28(41)15-22(30(39)42)31(2,3)4/h12-14,18-19,21-22,26-27H,6-11,15-17H2,1-5H3/t19-,21+,22-,26-,27+,32-/m1/s1. The number of ether oxygens (including phenoxy) is 3. The number of alkyl halides is 3. The number of rotatable bonds is 3. The van der Waals surface area contributed by atoms with Gasteiger partial charge in [0.1, 0.15) is 23.8 Å².